The van der Waals surface area contributed by atoms with E-state index >= 15 is 0 Å². The quantitative estimate of drug-likeness (QED) is 0.284. The van der Waals surface area contributed by atoms with Crippen molar-refractivity contribution in [3.63, 3.8) is 0 Å². The molecule has 43 heavy (non-hydrogen) atoms. The summed E-state index contributed by atoms with van der Waals surface area (Å²) in [7, 11) is -3.65. The maximum absolute atomic E-state index is 13.1. The number of hydrogen-bond donors (Lipinski definition) is 1. The molecule has 3 heterocycles. The van der Waals surface area contributed by atoms with Crippen LogP contribution < -0.4 is 10.2 Å². The first-order valence-electron chi connectivity index (χ1n) is 13.9. The number of nitrogens with one attached hydrogen (secondary N) is 1. The van der Waals surface area contributed by atoms with Crippen molar-refractivity contribution in [1.82, 2.24) is 24.4 Å². The summed E-state index contributed by atoms with van der Waals surface area (Å²) >= 11 is 1.30. The Bertz CT molecular complexity index is 1720. The minimum atomic E-state index is -3.65. The number of thioether (sulfide) groups is 1. The minimum Gasteiger partial charge on any atom is -0.379 e. The third-order valence-electron chi connectivity index (χ3n) is 7.36. The van der Waals surface area contributed by atoms with Gasteiger partial charge < -0.3 is 15.0 Å². The summed E-state index contributed by atoms with van der Waals surface area (Å²) in [5.41, 5.74) is 3.24. The second kappa shape index (κ2) is 12.7. The minimum absolute atomic E-state index is 0.00787. The molecule has 1 N–H and O–H groups in total. The highest BCUT2D eigenvalue weighted by Crippen LogP contribution is 2.29. The van der Waals surface area contributed by atoms with Gasteiger partial charge in [-0.2, -0.15) is 4.31 Å². The molecule has 0 radical (unpaired) electrons. The van der Waals surface area contributed by atoms with E-state index in [9.17, 15) is 18.0 Å². The summed E-state index contributed by atoms with van der Waals surface area (Å²) in [6, 6.07) is 23.3. The monoisotopic (exact) mass is 618 g/mol. The van der Waals surface area contributed by atoms with Crippen molar-refractivity contribution in [2.75, 3.05) is 43.5 Å². The molecule has 1 fully saturated rings. The number of rotatable bonds is 9. The van der Waals surface area contributed by atoms with Crippen LogP contribution in [-0.2, 0) is 32.5 Å². The van der Waals surface area contributed by atoms with Gasteiger partial charge in [-0.05, 0) is 54.4 Å². The molecule has 4 aromatic rings. The van der Waals surface area contributed by atoms with Crippen molar-refractivity contribution in [1.29, 1.82) is 0 Å². The van der Waals surface area contributed by atoms with Crippen LogP contribution >= 0.6 is 11.8 Å². The number of nitrogens with zero attached hydrogens (tertiary/aromatic N) is 5. The van der Waals surface area contributed by atoms with E-state index in [1.54, 1.807) is 0 Å². The van der Waals surface area contributed by atoms with Gasteiger partial charge >= 0.3 is 0 Å². The zero-order valence-electron chi connectivity index (χ0n) is 23.3. The van der Waals surface area contributed by atoms with E-state index in [1.165, 1.54) is 45.9 Å². The summed E-state index contributed by atoms with van der Waals surface area (Å²) in [4.78, 5) is 28.1. The van der Waals surface area contributed by atoms with Gasteiger partial charge in [-0.1, -0.05) is 48.2 Å². The number of para-hydroxylation sites is 2. The first-order valence-corrected chi connectivity index (χ1v) is 16.3. The van der Waals surface area contributed by atoms with Gasteiger partial charge in [0.05, 0.1) is 30.4 Å². The van der Waals surface area contributed by atoms with Gasteiger partial charge in [-0.25, -0.2) is 8.42 Å². The molecule has 13 heteroatoms. The zero-order chi connectivity index (χ0) is 29.8. The molecule has 0 atom stereocenters. The summed E-state index contributed by atoms with van der Waals surface area (Å²) in [5, 5.41) is 12.1. The number of fused-ring (bicyclic) bond motifs is 1. The highest BCUT2D eigenvalue weighted by atomic mass is 32.2. The molecule has 1 aromatic heterocycles. The molecule has 2 amide bonds. The van der Waals surface area contributed by atoms with E-state index < -0.39 is 10.0 Å². The molecule has 0 unspecified atom stereocenters. The van der Waals surface area contributed by atoms with E-state index in [0.29, 0.717) is 49.4 Å². The number of hydrogen-bond acceptors (Lipinski definition) is 8. The summed E-state index contributed by atoms with van der Waals surface area (Å²) < 4.78 is 34.3. The molecular weight excluding hydrogens is 589 g/mol. The van der Waals surface area contributed by atoms with Crippen LogP contribution in [-0.4, -0.2) is 77.9 Å². The largest absolute Gasteiger partial charge is 0.379 e. The highest BCUT2D eigenvalue weighted by Gasteiger charge is 2.27. The second-order valence-corrected chi connectivity index (χ2v) is 12.9. The Morgan fingerprint density at radius 1 is 0.884 bits per heavy atom. The van der Waals surface area contributed by atoms with Crippen LogP contribution in [0.4, 0.5) is 5.69 Å². The lowest BCUT2D eigenvalue weighted by Crippen LogP contribution is -2.40. The van der Waals surface area contributed by atoms with Crippen LogP contribution in [0.5, 0.6) is 0 Å². The fraction of sp³-hybridized carbons (Fsp3) is 0.267. The maximum Gasteiger partial charge on any atom is 0.251 e. The van der Waals surface area contributed by atoms with Crippen molar-refractivity contribution < 1.29 is 22.7 Å². The Labute approximate surface area is 253 Å². The van der Waals surface area contributed by atoms with Crippen LogP contribution in [0, 0.1) is 0 Å². The summed E-state index contributed by atoms with van der Waals surface area (Å²) in [6.07, 6.45) is 0.836. The zero-order valence-corrected chi connectivity index (χ0v) is 24.9. The molecule has 6 rings (SSSR count). The number of anilines is 1. The van der Waals surface area contributed by atoms with Gasteiger partial charge in [-0.3, -0.25) is 14.2 Å². The predicted octanol–water partition coefficient (Wildman–Crippen LogP) is 2.90. The second-order valence-electron chi connectivity index (χ2n) is 10.0. The van der Waals surface area contributed by atoms with E-state index in [0.717, 1.165) is 17.8 Å². The van der Waals surface area contributed by atoms with Crippen molar-refractivity contribution in [3.05, 3.63) is 95.8 Å². The molecule has 11 nitrogen and oxygen atoms in total. The van der Waals surface area contributed by atoms with Crippen molar-refractivity contribution in [3.8, 4) is 5.69 Å². The smallest absolute Gasteiger partial charge is 0.251 e. The van der Waals surface area contributed by atoms with Crippen LogP contribution in [0.15, 0.2) is 88.9 Å². The maximum atomic E-state index is 13.1. The van der Waals surface area contributed by atoms with Crippen LogP contribution in [0.2, 0.25) is 0 Å². The molecule has 0 saturated carbocycles. The number of benzene rings is 3. The lowest BCUT2D eigenvalue weighted by molar-refractivity contribution is -0.116. The Hall–Kier alpha value is -4.04. The topological polar surface area (TPSA) is 127 Å². The van der Waals surface area contributed by atoms with Gasteiger partial charge in [-0.15, -0.1) is 10.2 Å². The van der Waals surface area contributed by atoms with Gasteiger partial charge in [0.2, 0.25) is 15.9 Å². The molecule has 0 bridgehead atoms. The van der Waals surface area contributed by atoms with Crippen LogP contribution in [0.3, 0.4) is 0 Å². The molecule has 0 aliphatic carbocycles. The highest BCUT2D eigenvalue weighted by molar-refractivity contribution is 7.99. The average molecular weight is 619 g/mol. The number of carbonyl (C=O) groups is 2. The van der Waals surface area contributed by atoms with Gasteiger partial charge in [0.25, 0.3) is 5.91 Å². The number of morpholine rings is 1. The molecule has 1 saturated heterocycles. The number of sulfonamides is 1. The van der Waals surface area contributed by atoms with E-state index in [-0.39, 0.29) is 29.0 Å². The fourth-order valence-corrected chi connectivity index (χ4v) is 7.38. The van der Waals surface area contributed by atoms with Crippen molar-refractivity contribution in [2.45, 2.75) is 23.0 Å². The number of aromatic nitrogens is 3. The van der Waals surface area contributed by atoms with Crippen LogP contribution in [0.25, 0.3) is 5.69 Å². The van der Waals surface area contributed by atoms with Crippen LogP contribution in [0.1, 0.15) is 21.7 Å². The average Bonchev–Trinajstić information content (AvgIpc) is 3.68. The predicted molar refractivity (Wildman–Crippen MR) is 162 cm³/mol. The Kier molecular flexibility index (Phi) is 8.56. The Morgan fingerprint density at radius 2 is 1.60 bits per heavy atom. The van der Waals surface area contributed by atoms with Crippen molar-refractivity contribution in [2.24, 2.45) is 0 Å². The van der Waals surface area contributed by atoms with E-state index in [2.05, 4.69) is 15.5 Å². The standard InChI is InChI=1S/C30H30N6O5S2/c37-28(35-15-14-22-6-4-5-9-26(22)35)21-42-30-33-32-27(36(30)24-7-2-1-3-8-24)20-31-29(38)23-10-12-25(13-11-23)43(39,40)34-16-18-41-19-17-34/h1-13H,14-21H2,(H,31,38). The Balaban J connectivity index is 1.14. The third kappa shape index (κ3) is 6.20. The molecular formula is C30H30N6O5S2. The lowest BCUT2D eigenvalue weighted by atomic mass is 10.2. The van der Waals surface area contributed by atoms with Crippen molar-refractivity contribution >= 4 is 39.3 Å². The van der Waals surface area contributed by atoms with E-state index in [4.69, 9.17) is 4.74 Å². The molecule has 0 spiro atoms. The molecule has 3 aromatic carbocycles. The fourth-order valence-electron chi connectivity index (χ4n) is 5.12. The normalized spacial score (nSPS) is 15.3. The number of ether oxygens (including phenoxy) is 1. The molecule has 2 aliphatic heterocycles. The Morgan fingerprint density at radius 3 is 2.37 bits per heavy atom. The summed E-state index contributed by atoms with van der Waals surface area (Å²) in [6.45, 7) is 2.04. The number of amides is 2. The lowest BCUT2D eigenvalue weighted by Gasteiger charge is -2.26. The first kappa shape index (κ1) is 29.1. The van der Waals surface area contributed by atoms with Gasteiger partial charge in [0, 0.05) is 36.6 Å². The molecule has 2 aliphatic rings. The SMILES string of the molecule is O=C(NCc1nnc(SCC(=O)N2CCc3ccccc32)n1-c1ccccc1)c1ccc(S(=O)(=O)N2CCOCC2)cc1. The third-order valence-corrected chi connectivity index (χ3v) is 10.2. The van der Waals surface area contributed by atoms with E-state index in [1.807, 2.05) is 64.1 Å². The van der Waals surface area contributed by atoms with Gasteiger partial charge in [0.1, 0.15) is 0 Å². The first-order chi connectivity index (χ1) is 20.9. The molecule has 222 valence electrons. The summed E-state index contributed by atoms with van der Waals surface area (Å²) in [5.74, 6) is 0.291. The van der Waals surface area contributed by atoms with Gasteiger partial charge in [0.15, 0.2) is 11.0 Å². The number of carbonyl (C=O) groups excluding carboxylic acids is 2.